The molecular formula is C14H22N2O. The van der Waals surface area contributed by atoms with E-state index in [-0.39, 0.29) is 5.60 Å². The van der Waals surface area contributed by atoms with Gasteiger partial charge >= 0.3 is 0 Å². The standard InChI is InChI=1S/C14H22N2O/c1-11-5-4-6-13(16-11)15-10-12-7-8-17-14(2,3)9-12/h4-6,12H,7-10H2,1-3H3,(H,15,16). The van der Waals surface area contributed by atoms with Crippen LogP contribution in [0.2, 0.25) is 0 Å². The summed E-state index contributed by atoms with van der Waals surface area (Å²) in [7, 11) is 0. The van der Waals surface area contributed by atoms with Gasteiger partial charge in [-0.05, 0) is 51.7 Å². The van der Waals surface area contributed by atoms with E-state index >= 15 is 0 Å². The Morgan fingerprint density at radius 2 is 2.29 bits per heavy atom. The van der Waals surface area contributed by atoms with E-state index in [0.717, 1.165) is 37.5 Å². The predicted octanol–water partition coefficient (Wildman–Crippen LogP) is 3.01. The Morgan fingerprint density at radius 1 is 1.47 bits per heavy atom. The molecule has 0 saturated carbocycles. The molecule has 1 fully saturated rings. The number of anilines is 1. The van der Waals surface area contributed by atoms with E-state index in [9.17, 15) is 0 Å². The maximum atomic E-state index is 5.72. The second kappa shape index (κ2) is 5.05. The topological polar surface area (TPSA) is 34.1 Å². The molecule has 1 aromatic heterocycles. The predicted molar refractivity (Wildman–Crippen MR) is 70.2 cm³/mol. The van der Waals surface area contributed by atoms with E-state index in [0.29, 0.717) is 5.92 Å². The Hall–Kier alpha value is -1.09. The molecule has 1 saturated heterocycles. The van der Waals surface area contributed by atoms with Gasteiger partial charge in [0.2, 0.25) is 0 Å². The zero-order valence-corrected chi connectivity index (χ0v) is 11.0. The third kappa shape index (κ3) is 3.70. The van der Waals surface area contributed by atoms with Crippen molar-refractivity contribution in [2.24, 2.45) is 5.92 Å². The van der Waals surface area contributed by atoms with Crippen molar-refractivity contribution in [3.63, 3.8) is 0 Å². The fourth-order valence-electron chi connectivity index (χ4n) is 2.42. The summed E-state index contributed by atoms with van der Waals surface area (Å²) in [6.07, 6.45) is 2.26. The Morgan fingerprint density at radius 3 is 3.00 bits per heavy atom. The van der Waals surface area contributed by atoms with Crippen molar-refractivity contribution in [3.8, 4) is 0 Å². The van der Waals surface area contributed by atoms with Crippen LogP contribution in [-0.4, -0.2) is 23.7 Å². The second-order valence-corrected chi connectivity index (χ2v) is 5.51. The van der Waals surface area contributed by atoms with Gasteiger partial charge in [-0.25, -0.2) is 4.98 Å². The lowest BCUT2D eigenvalue weighted by molar-refractivity contribution is -0.0699. The molecule has 1 atom stereocenters. The maximum absolute atomic E-state index is 5.72. The molecule has 94 valence electrons. The highest BCUT2D eigenvalue weighted by Gasteiger charge is 2.28. The summed E-state index contributed by atoms with van der Waals surface area (Å²) in [4.78, 5) is 4.45. The van der Waals surface area contributed by atoms with Gasteiger partial charge in [0.25, 0.3) is 0 Å². The number of pyridine rings is 1. The van der Waals surface area contributed by atoms with Gasteiger partial charge in [0, 0.05) is 18.8 Å². The van der Waals surface area contributed by atoms with Crippen LogP contribution in [0.3, 0.4) is 0 Å². The van der Waals surface area contributed by atoms with Crippen LogP contribution < -0.4 is 5.32 Å². The Kier molecular flexibility index (Phi) is 3.67. The number of nitrogens with one attached hydrogen (secondary N) is 1. The van der Waals surface area contributed by atoms with Gasteiger partial charge in [-0.2, -0.15) is 0 Å². The highest BCUT2D eigenvalue weighted by Crippen LogP contribution is 2.28. The second-order valence-electron chi connectivity index (χ2n) is 5.51. The van der Waals surface area contributed by atoms with Crippen LogP contribution in [0.5, 0.6) is 0 Å². The lowest BCUT2D eigenvalue weighted by Gasteiger charge is -2.35. The fraction of sp³-hybridized carbons (Fsp3) is 0.643. The third-order valence-electron chi connectivity index (χ3n) is 3.26. The highest BCUT2D eigenvalue weighted by molar-refractivity contribution is 5.35. The van der Waals surface area contributed by atoms with Gasteiger partial charge in [-0.15, -0.1) is 0 Å². The average molecular weight is 234 g/mol. The zero-order valence-electron chi connectivity index (χ0n) is 11.0. The van der Waals surface area contributed by atoms with Crippen LogP contribution in [0.1, 0.15) is 32.4 Å². The number of aromatic nitrogens is 1. The first-order valence-corrected chi connectivity index (χ1v) is 6.37. The average Bonchev–Trinajstić information content (AvgIpc) is 2.25. The molecule has 0 spiro atoms. The van der Waals surface area contributed by atoms with Crippen molar-refractivity contribution in [2.45, 2.75) is 39.2 Å². The molecule has 3 nitrogen and oxygen atoms in total. The van der Waals surface area contributed by atoms with Gasteiger partial charge < -0.3 is 10.1 Å². The lowest BCUT2D eigenvalue weighted by atomic mass is 9.88. The van der Waals surface area contributed by atoms with Gasteiger partial charge in [-0.1, -0.05) is 6.07 Å². The molecule has 1 aliphatic heterocycles. The molecule has 0 bridgehead atoms. The number of ether oxygens (including phenoxy) is 1. The Bertz CT molecular complexity index is 376. The first-order valence-electron chi connectivity index (χ1n) is 6.37. The van der Waals surface area contributed by atoms with E-state index in [4.69, 9.17) is 4.74 Å². The molecule has 0 radical (unpaired) electrons. The molecule has 17 heavy (non-hydrogen) atoms. The largest absolute Gasteiger partial charge is 0.376 e. The summed E-state index contributed by atoms with van der Waals surface area (Å²) in [6.45, 7) is 8.22. The van der Waals surface area contributed by atoms with Crippen molar-refractivity contribution < 1.29 is 4.74 Å². The van der Waals surface area contributed by atoms with E-state index in [1.807, 2.05) is 25.1 Å². The monoisotopic (exact) mass is 234 g/mol. The number of rotatable bonds is 3. The van der Waals surface area contributed by atoms with E-state index in [1.165, 1.54) is 0 Å². The van der Waals surface area contributed by atoms with Crippen LogP contribution in [0, 0.1) is 12.8 Å². The van der Waals surface area contributed by atoms with Gasteiger partial charge in [0.1, 0.15) is 5.82 Å². The lowest BCUT2D eigenvalue weighted by Crippen LogP contribution is -2.36. The normalized spacial score (nSPS) is 23.4. The van der Waals surface area contributed by atoms with Crippen LogP contribution in [0.25, 0.3) is 0 Å². The van der Waals surface area contributed by atoms with E-state index in [2.05, 4.69) is 24.1 Å². The summed E-state index contributed by atoms with van der Waals surface area (Å²) in [6, 6.07) is 6.08. The summed E-state index contributed by atoms with van der Waals surface area (Å²) in [5.41, 5.74) is 1.09. The van der Waals surface area contributed by atoms with Gasteiger partial charge in [-0.3, -0.25) is 0 Å². The van der Waals surface area contributed by atoms with E-state index < -0.39 is 0 Å². The summed E-state index contributed by atoms with van der Waals surface area (Å²) in [5.74, 6) is 1.66. The van der Waals surface area contributed by atoms with Crippen molar-refractivity contribution in [1.29, 1.82) is 0 Å². The number of hydrogen-bond donors (Lipinski definition) is 1. The first-order chi connectivity index (χ1) is 8.05. The van der Waals surface area contributed by atoms with Crippen molar-refractivity contribution in [3.05, 3.63) is 23.9 Å². The minimum absolute atomic E-state index is 0.0324. The molecule has 0 aromatic carbocycles. The Labute approximate surface area is 104 Å². The Balaban J connectivity index is 1.86. The smallest absolute Gasteiger partial charge is 0.126 e. The molecule has 1 aromatic rings. The summed E-state index contributed by atoms with van der Waals surface area (Å²) < 4.78 is 5.72. The molecule has 1 aliphatic rings. The fourth-order valence-corrected chi connectivity index (χ4v) is 2.42. The molecule has 2 heterocycles. The SMILES string of the molecule is Cc1cccc(NCC2CCOC(C)(C)C2)n1. The van der Waals surface area contributed by atoms with E-state index in [1.54, 1.807) is 0 Å². The number of hydrogen-bond acceptors (Lipinski definition) is 3. The quantitative estimate of drug-likeness (QED) is 0.873. The molecule has 2 rings (SSSR count). The van der Waals surface area contributed by atoms with Crippen LogP contribution in [0.15, 0.2) is 18.2 Å². The van der Waals surface area contributed by atoms with Crippen LogP contribution in [0.4, 0.5) is 5.82 Å². The molecule has 3 heteroatoms. The molecule has 1 N–H and O–H groups in total. The summed E-state index contributed by atoms with van der Waals surface area (Å²) in [5, 5.41) is 3.43. The molecule has 0 aliphatic carbocycles. The molecular weight excluding hydrogens is 212 g/mol. The van der Waals surface area contributed by atoms with Crippen LogP contribution in [-0.2, 0) is 4.74 Å². The summed E-state index contributed by atoms with van der Waals surface area (Å²) >= 11 is 0. The van der Waals surface area contributed by atoms with Crippen molar-refractivity contribution >= 4 is 5.82 Å². The minimum atomic E-state index is 0.0324. The highest BCUT2D eigenvalue weighted by atomic mass is 16.5. The van der Waals surface area contributed by atoms with Gasteiger partial charge in [0.05, 0.1) is 5.60 Å². The van der Waals surface area contributed by atoms with Gasteiger partial charge in [0.15, 0.2) is 0 Å². The molecule has 1 unspecified atom stereocenters. The maximum Gasteiger partial charge on any atom is 0.126 e. The minimum Gasteiger partial charge on any atom is -0.376 e. The number of aryl methyl sites for hydroxylation is 1. The van der Waals surface area contributed by atoms with Crippen molar-refractivity contribution in [2.75, 3.05) is 18.5 Å². The first kappa shape index (κ1) is 12.4. The van der Waals surface area contributed by atoms with Crippen molar-refractivity contribution in [1.82, 2.24) is 4.98 Å². The number of nitrogens with zero attached hydrogens (tertiary/aromatic N) is 1. The molecule has 0 amide bonds. The zero-order chi connectivity index (χ0) is 12.3. The third-order valence-corrected chi connectivity index (χ3v) is 3.26. The van der Waals surface area contributed by atoms with Crippen LogP contribution >= 0.6 is 0 Å².